The van der Waals surface area contributed by atoms with Crippen LogP contribution in [0.1, 0.15) is 12.0 Å². The number of hydrogen-bond donors (Lipinski definition) is 1. The SMILES string of the molecule is CNCCCc1cnn(CC#N)c1. The van der Waals surface area contributed by atoms with Crippen LogP contribution in [0.4, 0.5) is 0 Å². The molecule has 4 nitrogen and oxygen atoms in total. The van der Waals surface area contributed by atoms with Gasteiger partial charge in [0.15, 0.2) is 0 Å². The summed E-state index contributed by atoms with van der Waals surface area (Å²) >= 11 is 0. The van der Waals surface area contributed by atoms with Crippen LogP contribution in [-0.4, -0.2) is 23.4 Å². The van der Waals surface area contributed by atoms with Crippen molar-refractivity contribution in [1.29, 1.82) is 5.26 Å². The van der Waals surface area contributed by atoms with Crippen LogP contribution < -0.4 is 5.32 Å². The first-order valence-corrected chi connectivity index (χ1v) is 4.39. The molecule has 1 aromatic heterocycles. The molecule has 1 aromatic rings. The van der Waals surface area contributed by atoms with E-state index in [2.05, 4.69) is 16.5 Å². The Labute approximate surface area is 78.2 Å². The van der Waals surface area contributed by atoms with E-state index in [1.54, 1.807) is 4.68 Å². The van der Waals surface area contributed by atoms with Crippen molar-refractivity contribution in [2.75, 3.05) is 13.6 Å². The van der Waals surface area contributed by atoms with Gasteiger partial charge in [-0.2, -0.15) is 10.4 Å². The second-order valence-corrected chi connectivity index (χ2v) is 2.91. The molecular weight excluding hydrogens is 164 g/mol. The first kappa shape index (κ1) is 9.75. The maximum absolute atomic E-state index is 8.42. The third-order valence-electron chi connectivity index (χ3n) is 1.81. The highest BCUT2D eigenvalue weighted by Gasteiger charge is 1.96. The second kappa shape index (κ2) is 5.33. The molecule has 13 heavy (non-hydrogen) atoms. The van der Waals surface area contributed by atoms with Crippen LogP contribution in [0.25, 0.3) is 0 Å². The smallest absolute Gasteiger partial charge is 0.128 e. The molecule has 1 N–H and O–H groups in total. The van der Waals surface area contributed by atoms with E-state index >= 15 is 0 Å². The van der Waals surface area contributed by atoms with Gasteiger partial charge in [0.1, 0.15) is 6.54 Å². The predicted octanol–water partition coefficient (Wildman–Crippen LogP) is 0.559. The zero-order chi connectivity index (χ0) is 9.52. The molecule has 1 rings (SSSR count). The fourth-order valence-corrected chi connectivity index (χ4v) is 1.16. The molecule has 0 unspecified atom stereocenters. The molecule has 0 aliphatic heterocycles. The van der Waals surface area contributed by atoms with Gasteiger partial charge in [0, 0.05) is 6.20 Å². The summed E-state index contributed by atoms with van der Waals surface area (Å²) in [7, 11) is 1.94. The number of hydrogen-bond acceptors (Lipinski definition) is 3. The lowest BCUT2D eigenvalue weighted by atomic mass is 10.2. The van der Waals surface area contributed by atoms with E-state index in [0.717, 1.165) is 19.4 Å². The van der Waals surface area contributed by atoms with Crippen LogP contribution in [0.3, 0.4) is 0 Å². The topological polar surface area (TPSA) is 53.6 Å². The van der Waals surface area contributed by atoms with Crippen molar-refractivity contribution in [3.05, 3.63) is 18.0 Å². The molecule has 0 atom stereocenters. The standard InChI is InChI=1S/C9H14N4/c1-11-5-2-3-9-7-12-13(8-9)6-4-10/h7-8,11H,2-3,5-6H2,1H3. The van der Waals surface area contributed by atoms with Gasteiger partial charge in [-0.3, -0.25) is 4.68 Å². The molecule has 4 heteroatoms. The minimum absolute atomic E-state index is 0.339. The summed E-state index contributed by atoms with van der Waals surface area (Å²) in [6.07, 6.45) is 5.88. The van der Waals surface area contributed by atoms with Crippen LogP contribution in [0.2, 0.25) is 0 Å². The minimum Gasteiger partial charge on any atom is -0.320 e. The van der Waals surface area contributed by atoms with E-state index < -0.39 is 0 Å². The third-order valence-corrected chi connectivity index (χ3v) is 1.81. The third kappa shape index (κ3) is 3.26. The summed E-state index contributed by atoms with van der Waals surface area (Å²) in [5.74, 6) is 0. The molecule has 0 aliphatic carbocycles. The number of rotatable bonds is 5. The van der Waals surface area contributed by atoms with E-state index in [-0.39, 0.29) is 0 Å². The Balaban J connectivity index is 2.36. The monoisotopic (exact) mass is 178 g/mol. The van der Waals surface area contributed by atoms with Crippen molar-refractivity contribution in [2.24, 2.45) is 0 Å². The molecule has 0 aliphatic rings. The Morgan fingerprint density at radius 3 is 3.23 bits per heavy atom. The van der Waals surface area contributed by atoms with Gasteiger partial charge >= 0.3 is 0 Å². The Morgan fingerprint density at radius 1 is 1.69 bits per heavy atom. The summed E-state index contributed by atoms with van der Waals surface area (Å²) in [5.41, 5.74) is 1.20. The molecule has 0 bridgehead atoms. The zero-order valence-electron chi connectivity index (χ0n) is 7.82. The number of nitrogens with zero attached hydrogens (tertiary/aromatic N) is 3. The summed E-state index contributed by atoms with van der Waals surface area (Å²) in [6, 6.07) is 2.05. The molecule has 0 radical (unpaired) electrons. The zero-order valence-corrected chi connectivity index (χ0v) is 7.82. The first-order valence-electron chi connectivity index (χ1n) is 4.39. The Hall–Kier alpha value is -1.34. The van der Waals surface area contributed by atoms with Gasteiger partial charge in [-0.1, -0.05) is 0 Å². The number of nitriles is 1. The van der Waals surface area contributed by atoms with Gasteiger partial charge in [-0.05, 0) is 32.0 Å². The average Bonchev–Trinajstić information content (AvgIpc) is 2.54. The lowest BCUT2D eigenvalue weighted by Crippen LogP contribution is -2.08. The maximum Gasteiger partial charge on any atom is 0.128 e. The molecule has 0 saturated heterocycles. The summed E-state index contributed by atoms with van der Waals surface area (Å²) in [4.78, 5) is 0. The van der Waals surface area contributed by atoms with Crippen LogP contribution in [0, 0.1) is 11.3 Å². The van der Waals surface area contributed by atoms with Crippen LogP contribution >= 0.6 is 0 Å². The number of nitrogens with one attached hydrogen (secondary N) is 1. The highest BCUT2D eigenvalue weighted by Crippen LogP contribution is 2.00. The Morgan fingerprint density at radius 2 is 2.54 bits per heavy atom. The summed E-state index contributed by atoms with van der Waals surface area (Å²) < 4.78 is 1.66. The van der Waals surface area contributed by atoms with Gasteiger partial charge in [0.2, 0.25) is 0 Å². The van der Waals surface area contributed by atoms with Crippen molar-refractivity contribution in [3.63, 3.8) is 0 Å². The second-order valence-electron chi connectivity index (χ2n) is 2.91. The quantitative estimate of drug-likeness (QED) is 0.670. The number of aromatic nitrogens is 2. The summed E-state index contributed by atoms with van der Waals surface area (Å²) in [6.45, 7) is 1.36. The van der Waals surface area contributed by atoms with Gasteiger partial charge in [0.25, 0.3) is 0 Å². The molecule has 70 valence electrons. The lowest BCUT2D eigenvalue weighted by Gasteiger charge is -1.95. The fraction of sp³-hybridized carbons (Fsp3) is 0.556. The van der Waals surface area contributed by atoms with Gasteiger partial charge in [-0.25, -0.2) is 0 Å². The van der Waals surface area contributed by atoms with Crippen molar-refractivity contribution in [2.45, 2.75) is 19.4 Å². The molecule has 0 amide bonds. The Kier molecular flexibility index (Phi) is 4.00. The molecule has 0 spiro atoms. The van der Waals surface area contributed by atoms with Crippen molar-refractivity contribution in [1.82, 2.24) is 15.1 Å². The Bertz CT molecular complexity index is 284. The van der Waals surface area contributed by atoms with E-state index in [4.69, 9.17) is 5.26 Å². The highest BCUT2D eigenvalue weighted by atomic mass is 15.3. The van der Waals surface area contributed by atoms with E-state index in [1.807, 2.05) is 19.4 Å². The van der Waals surface area contributed by atoms with Crippen LogP contribution in [0.15, 0.2) is 12.4 Å². The van der Waals surface area contributed by atoms with Gasteiger partial charge in [0.05, 0.1) is 12.3 Å². The average molecular weight is 178 g/mol. The lowest BCUT2D eigenvalue weighted by molar-refractivity contribution is 0.705. The van der Waals surface area contributed by atoms with E-state index in [0.29, 0.717) is 6.54 Å². The highest BCUT2D eigenvalue weighted by molar-refractivity contribution is 5.04. The molecular formula is C9H14N4. The minimum atomic E-state index is 0.339. The van der Waals surface area contributed by atoms with Gasteiger partial charge in [-0.15, -0.1) is 0 Å². The van der Waals surface area contributed by atoms with E-state index in [9.17, 15) is 0 Å². The number of aryl methyl sites for hydroxylation is 1. The largest absolute Gasteiger partial charge is 0.320 e. The molecule has 0 aromatic carbocycles. The fourth-order valence-electron chi connectivity index (χ4n) is 1.16. The molecule has 1 heterocycles. The molecule has 0 saturated carbocycles. The first-order chi connectivity index (χ1) is 6.36. The van der Waals surface area contributed by atoms with Crippen LogP contribution in [-0.2, 0) is 13.0 Å². The maximum atomic E-state index is 8.42. The van der Waals surface area contributed by atoms with Gasteiger partial charge < -0.3 is 5.32 Å². The van der Waals surface area contributed by atoms with Crippen molar-refractivity contribution < 1.29 is 0 Å². The van der Waals surface area contributed by atoms with Crippen molar-refractivity contribution >= 4 is 0 Å². The van der Waals surface area contributed by atoms with E-state index in [1.165, 1.54) is 5.56 Å². The summed E-state index contributed by atoms with van der Waals surface area (Å²) in [5, 5.41) is 15.6. The predicted molar refractivity (Wildman–Crippen MR) is 50.1 cm³/mol. The van der Waals surface area contributed by atoms with Crippen molar-refractivity contribution in [3.8, 4) is 6.07 Å². The van der Waals surface area contributed by atoms with Crippen LogP contribution in [0.5, 0.6) is 0 Å². The molecule has 0 fully saturated rings. The normalized spacial score (nSPS) is 9.85.